The Morgan fingerprint density at radius 1 is 1.64 bits per heavy atom. The molecule has 1 aliphatic heterocycles. The fourth-order valence-corrected chi connectivity index (χ4v) is 1.54. The molecule has 1 aliphatic rings. The van der Waals surface area contributed by atoms with Gasteiger partial charge in [0, 0.05) is 6.42 Å². The van der Waals surface area contributed by atoms with E-state index in [2.05, 4.69) is 10.6 Å². The van der Waals surface area contributed by atoms with Crippen LogP contribution >= 0.6 is 11.8 Å². The highest BCUT2D eigenvalue weighted by atomic mass is 32.2. The Hall–Kier alpha value is -1.04. The zero-order valence-electron chi connectivity index (χ0n) is 7.83. The van der Waals surface area contributed by atoms with Gasteiger partial charge in [0.25, 0.3) is 0 Å². The SMILES string of the molecule is CSCC(=O)NC1CCC(=O)NC1=O. The Balaban J connectivity index is 2.41. The van der Waals surface area contributed by atoms with Gasteiger partial charge in [-0.1, -0.05) is 0 Å². The minimum absolute atomic E-state index is 0.174. The van der Waals surface area contributed by atoms with E-state index in [4.69, 9.17) is 0 Å². The number of hydrogen-bond acceptors (Lipinski definition) is 4. The molecule has 0 bridgehead atoms. The van der Waals surface area contributed by atoms with Crippen molar-refractivity contribution in [2.75, 3.05) is 12.0 Å². The number of thioether (sulfide) groups is 1. The van der Waals surface area contributed by atoms with E-state index in [1.54, 1.807) is 0 Å². The van der Waals surface area contributed by atoms with Gasteiger partial charge in [0.2, 0.25) is 17.7 Å². The first-order chi connectivity index (χ1) is 6.63. The van der Waals surface area contributed by atoms with E-state index in [0.717, 1.165) is 0 Å². The predicted molar refractivity (Wildman–Crippen MR) is 52.7 cm³/mol. The van der Waals surface area contributed by atoms with Gasteiger partial charge >= 0.3 is 0 Å². The van der Waals surface area contributed by atoms with E-state index in [1.807, 2.05) is 6.26 Å². The third kappa shape index (κ3) is 3.02. The number of piperidine rings is 1. The standard InChI is InChI=1S/C8H12N2O3S/c1-14-4-7(12)9-5-2-3-6(11)10-8(5)13/h5H,2-4H2,1H3,(H,9,12)(H,10,11,13). The van der Waals surface area contributed by atoms with E-state index in [9.17, 15) is 14.4 Å². The van der Waals surface area contributed by atoms with Crippen molar-refractivity contribution in [3.8, 4) is 0 Å². The smallest absolute Gasteiger partial charge is 0.249 e. The molecule has 1 rings (SSSR count). The van der Waals surface area contributed by atoms with Crippen LogP contribution in [-0.2, 0) is 14.4 Å². The molecule has 78 valence electrons. The van der Waals surface area contributed by atoms with Crippen molar-refractivity contribution in [2.24, 2.45) is 0 Å². The zero-order valence-corrected chi connectivity index (χ0v) is 8.65. The molecule has 1 atom stereocenters. The summed E-state index contributed by atoms with van der Waals surface area (Å²) < 4.78 is 0. The van der Waals surface area contributed by atoms with Gasteiger partial charge in [-0.3, -0.25) is 19.7 Å². The molecule has 2 N–H and O–H groups in total. The number of carbonyl (C=O) groups is 3. The largest absolute Gasteiger partial charge is 0.344 e. The van der Waals surface area contributed by atoms with Crippen molar-refractivity contribution in [2.45, 2.75) is 18.9 Å². The lowest BCUT2D eigenvalue weighted by atomic mass is 10.1. The molecule has 0 aromatic carbocycles. The normalized spacial score (nSPS) is 21.6. The van der Waals surface area contributed by atoms with Crippen molar-refractivity contribution in [3.63, 3.8) is 0 Å². The molecule has 0 aliphatic carbocycles. The van der Waals surface area contributed by atoms with Crippen LogP contribution in [0, 0.1) is 0 Å². The highest BCUT2D eigenvalue weighted by molar-refractivity contribution is 7.99. The van der Waals surface area contributed by atoms with Gasteiger partial charge < -0.3 is 5.32 Å². The molecular formula is C8H12N2O3S. The van der Waals surface area contributed by atoms with Crippen LogP contribution in [0.2, 0.25) is 0 Å². The second kappa shape index (κ2) is 4.99. The number of amides is 3. The van der Waals surface area contributed by atoms with E-state index >= 15 is 0 Å². The van der Waals surface area contributed by atoms with Crippen molar-refractivity contribution in [3.05, 3.63) is 0 Å². The number of carbonyl (C=O) groups excluding carboxylic acids is 3. The molecule has 0 aromatic heterocycles. The maximum atomic E-state index is 11.2. The minimum atomic E-state index is -0.549. The van der Waals surface area contributed by atoms with Gasteiger partial charge in [0.05, 0.1) is 5.75 Å². The summed E-state index contributed by atoms with van der Waals surface area (Å²) in [6.45, 7) is 0. The third-order valence-electron chi connectivity index (χ3n) is 1.85. The number of hydrogen-bond donors (Lipinski definition) is 2. The second-order valence-electron chi connectivity index (χ2n) is 3.00. The minimum Gasteiger partial charge on any atom is -0.344 e. The lowest BCUT2D eigenvalue weighted by Crippen LogP contribution is -2.52. The summed E-state index contributed by atoms with van der Waals surface area (Å²) >= 11 is 1.39. The molecule has 3 amide bonds. The van der Waals surface area contributed by atoms with Crippen LogP contribution in [-0.4, -0.2) is 35.8 Å². The van der Waals surface area contributed by atoms with Crippen LogP contribution in [0.5, 0.6) is 0 Å². The Bertz CT molecular complexity index is 267. The topological polar surface area (TPSA) is 75.3 Å². The Kier molecular flexibility index (Phi) is 3.94. The molecule has 1 unspecified atom stereocenters. The molecule has 0 radical (unpaired) electrons. The number of rotatable bonds is 3. The van der Waals surface area contributed by atoms with Crippen LogP contribution in [0.15, 0.2) is 0 Å². The molecule has 1 fully saturated rings. The highest BCUT2D eigenvalue weighted by Crippen LogP contribution is 2.04. The molecule has 0 spiro atoms. The van der Waals surface area contributed by atoms with E-state index in [1.165, 1.54) is 11.8 Å². The highest BCUT2D eigenvalue weighted by Gasteiger charge is 2.27. The van der Waals surface area contributed by atoms with Gasteiger partial charge in [0.15, 0.2) is 0 Å². The Labute approximate surface area is 86.0 Å². The molecule has 1 heterocycles. The molecular weight excluding hydrogens is 204 g/mol. The van der Waals surface area contributed by atoms with Gasteiger partial charge in [-0.25, -0.2) is 0 Å². The summed E-state index contributed by atoms with van der Waals surface area (Å²) in [6, 6.07) is -0.549. The summed E-state index contributed by atoms with van der Waals surface area (Å²) in [5.41, 5.74) is 0. The van der Waals surface area contributed by atoms with E-state index in [0.29, 0.717) is 12.2 Å². The summed E-state index contributed by atoms with van der Waals surface area (Å²) in [4.78, 5) is 33.1. The average molecular weight is 216 g/mol. The van der Waals surface area contributed by atoms with Crippen LogP contribution < -0.4 is 10.6 Å². The maximum Gasteiger partial charge on any atom is 0.249 e. The second-order valence-corrected chi connectivity index (χ2v) is 3.87. The van der Waals surface area contributed by atoms with E-state index < -0.39 is 11.9 Å². The third-order valence-corrected chi connectivity index (χ3v) is 2.40. The lowest BCUT2D eigenvalue weighted by Gasteiger charge is -2.21. The predicted octanol–water partition coefficient (Wildman–Crippen LogP) is -0.729. The molecule has 5 nitrogen and oxygen atoms in total. The van der Waals surface area contributed by atoms with Gasteiger partial charge in [-0.2, -0.15) is 11.8 Å². The number of imide groups is 1. The van der Waals surface area contributed by atoms with Gasteiger partial charge in [0.1, 0.15) is 6.04 Å². The molecule has 6 heteroatoms. The first-order valence-corrected chi connectivity index (χ1v) is 5.65. The van der Waals surface area contributed by atoms with Crippen LogP contribution in [0.1, 0.15) is 12.8 Å². The molecule has 14 heavy (non-hydrogen) atoms. The average Bonchev–Trinajstić information content (AvgIpc) is 2.10. The maximum absolute atomic E-state index is 11.2. The first-order valence-electron chi connectivity index (χ1n) is 4.25. The molecule has 0 saturated carbocycles. The summed E-state index contributed by atoms with van der Waals surface area (Å²) in [5.74, 6) is -0.523. The fourth-order valence-electron chi connectivity index (χ4n) is 1.20. The van der Waals surface area contributed by atoms with Crippen LogP contribution in [0.25, 0.3) is 0 Å². The van der Waals surface area contributed by atoms with Crippen molar-refractivity contribution >= 4 is 29.5 Å². The van der Waals surface area contributed by atoms with E-state index in [-0.39, 0.29) is 18.2 Å². The Morgan fingerprint density at radius 2 is 2.36 bits per heavy atom. The quantitative estimate of drug-likeness (QED) is 0.610. The van der Waals surface area contributed by atoms with Crippen molar-refractivity contribution in [1.29, 1.82) is 0 Å². The van der Waals surface area contributed by atoms with Crippen molar-refractivity contribution < 1.29 is 14.4 Å². The fraction of sp³-hybridized carbons (Fsp3) is 0.625. The monoisotopic (exact) mass is 216 g/mol. The van der Waals surface area contributed by atoms with Crippen LogP contribution in [0.4, 0.5) is 0 Å². The van der Waals surface area contributed by atoms with Gasteiger partial charge in [-0.15, -0.1) is 0 Å². The van der Waals surface area contributed by atoms with Crippen molar-refractivity contribution in [1.82, 2.24) is 10.6 Å². The molecule has 0 aromatic rings. The van der Waals surface area contributed by atoms with Gasteiger partial charge in [-0.05, 0) is 12.7 Å². The molecule has 1 saturated heterocycles. The zero-order chi connectivity index (χ0) is 10.6. The van der Waals surface area contributed by atoms with Crippen LogP contribution in [0.3, 0.4) is 0 Å². The Morgan fingerprint density at radius 3 is 2.93 bits per heavy atom. The lowest BCUT2D eigenvalue weighted by molar-refractivity contribution is -0.136. The first kappa shape index (κ1) is 11.0. The summed E-state index contributed by atoms with van der Waals surface area (Å²) in [7, 11) is 0. The summed E-state index contributed by atoms with van der Waals surface area (Å²) in [5, 5.41) is 4.74. The number of nitrogens with one attached hydrogen (secondary N) is 2. The summed E-state index contributed by atoms with van der Waals surface area (Å²) in [6.07, 6.45) is 2.49.